The van der Waals surface area contributed by atoms with Crippen LogP contribution in [0.25, 0.3) is 0 Å². The number of amides is 1. The zero-order chi connectivity index (χ0) is 16.7. The fraction of sp³-hybridized carbons (Fsp3) is 0.353. The molecule has 3 heterocycles. The molecule has 2 aromatic rings. The van der Waals surface area contributed by atoms with Crippen molar-refractivity contribution >= 4 is 17.5 Å². The Morgan fingerprint density at radius 2 is 1.75 bits per heavy atom. The number of carbonyl (C=O) groups excluding carboxylic acids is 1. The summed E-state index contributed by atoms with van der Waals surface area (Å²) in [4.78, 5) is 24.6. The fourth-order valence-corrected chi connectivity index (χ4v) is 3.62. The number of hydrogen-bond donors (Lipinski definition) is 2. The number of nitrogens with one attached hydrogen (secondary N) is 1. The highest BCUT2D eigenvalue weighted by Crippen LogP contribution is 2.36. The van der Waals surface area contributed by atoms with Crippen molar-refractivity contribution in [1.82, 2.24) is 15.4 Å². The van der Waals surface area contributed by atoms with E-state index in [9.17, 15) is 4.79 Å². The van der Waals surface area contributed by atoms with Gasteiger partial charge in [-0.2, -0.15) is 0 Å². The molecule has 1 aromatic heterocycles. The first-order valence-corrected chi connectivity index (χ1v) is 8.02. The number of anilines is 2. The molecule has 0 unspecified atom stereocenters. The van der Waals surface area contributed by atoms with Gasteiger partial charge < -0.3 is 9.80 Å². The van der Waals surface area contributed by atoms with Gasteiger partial charge in [0.05, 0.1) is 11.6 Å². The van der Waals surface area contributed by atoms with Crippen LogP contribution in [0.3, 0.4) is 0 Å². The Morgan fingerprint density at radius 1 is 1.12 bits per heavy atom. The Kier molecular flexibility index (Phi) is 3.57. The molecule has 2 bridgehead atoms. The van der Waals surface area contributed by atoms with E-state index in [0.717, 1.165) is 19.5 Å². The number of benzene rings is 1. The number of aromatic nitrogens is 2. The molecule has 0 aliphatic carbocycles. The van der Waals surface area contributed by atoms with E-state index >= 15 is 0 Å². The largest absolute Gasteiger partial charge is 0.365 e. The molecule has 7 nitrogen and oxygen atoms in total. The van der Waals surface area contributed by atoms with Gasteiger partial charge >= 0.3 is 0 Å². The molecule has 124 valence electrons. The lowest BCUT2D eigenvalue weighted by Gasteiger charge is -2.35. The highest BCUT2D eigenvalue weighted by molar-refractivity contribution is 5.92. The Bertz CT molecular complexity index is 747. The minimum absolute atomic E-state index is 0.242. The van der Waals surface area contributed by atoms with E-state index < -0.39 is 5.91 Å². The molecule has 4 rings (SSSR count). The van der Waals surface area contributed by atoms with Crippen LogP contribution in [-0.4, -0.2) is 46.3 Å². The van der Waals surface area contributed by atoms with E-state index in [1.807, 2.05) is 0 Å². The SMILES string of the molecule is Cc1ccc(N2C[C@@H]3C[C@H]2CN3c2ncc(C(=O)NO)cn2)cc1. The summed E-state index contributed by atoms with van der Waals surface area (Å²) in [5.41, 5.74) is 4.36. The molecule has 2 atom stereocenters. The van der Waals surface area contributed by atoms with Crippen LogP contribution in [-0.2, 0) is 0 Å². The molecule has 2 N–H and O–H groups in total. The van der Waals surface area contributed by atoms with Crippen LogP contribution in [0.15, 0.2) is 36.7 Å². The molecule has 2 aliphatic rings. The summed E-state index contributed by atoms with van der Waals surface area (Å²) in [5.74, 6) is 0.0376. The average molecular weight is 325 g/mol. The first kappa shape index (κ1) is 14.9. The fourth-order valence-electron chi connectivity index (χ4n) is 3.62. The first-order chi connectivity index (χ1) is 11.7. The molecular formula is C17H19N5O2. The summed E-state index contributed by atoms with van der Waals surface area (Å²) in [6, 6.07) is 9.49. The van der Waals surface area contributed by atoms with Crippen molar-refractivity contribution in [3.8, 4) is 0 Å². The second-order valence-electron chi connectivity index (χ2n) is 6.40. The van der Waals surface area contributed by atoms with Crippen molar-refractivity contribution in [2.45, 2.75) is 25.4 Å². The molecule has 0 spiro atoms. The second-order valence-corrected chi connectivity index (χ2v) is 6.40. The summed E-state index contributed by atoms with van der Waals surface area (Å²) in [7, 11) is 0. The Morgan fingerprint density at radius 3 is 2.33 bits per heavy atom. The van der Waals surface area contributed by atoms with Gasteiger partial charge in [0.25, 0.3) is 5.91 Å². The molecule has 1 aromatic carbocycles. The van der Waals surface area contributed by atoms with Crippen molar-refractivity contribution in [2.24, 2.45) is 0 Å². The van der Waals surface area contributed by atoms with E-state index in [1.54, 1.807) is 5.48 Å². The predicted molar refractivity (Wildman–Crippen MR) is 89.3 cm³/mol. The van der Waals surface area contributed by atoms with Crippen molar-refractivity contribution in [3.05, 3.63) is 47.8 Å². The van der Waals surface area contributed by atoms with Gasteiger partial charge in [0.15, 0.2) is 0 Å². The summed E-state index contributed by atoms with van der Waals surface area (Å²) in [6.07, 6.45) is 3.98. The van der Waals surface area contributed by atoms with Crippen molar-refractivity contribution in [2.75, 3.05) is 22.9 Å². The van der Waals surface area contributed by atoms with Crippen molar-refractivity contribution < 1.29 is 10.0 Å². The maximum absolute atomic E-state index is 11.3. The van der Waals surface area contributed by atoms with E-state index in [0.29, 0.717) is 18.0 Å². The molecule has 2 fully saturated rings. The molecular weight excluding hydrogens is 306 g/mol. The van der Waals surface area contributed by atoms with Gasteiger partial charge in [-0.25, -0.2) is 15.4 Å². The summed E-state index contributed by atoms with van der Waals surface area (Å²) < 4.78 is 0. The summed E-state index contributed by atoms with van der Waals surface area (Å²) in [5, 5.41) is 8.64. The van der Waals surface area contributed by atoms with Gasteiger partial charge in [0, 0.05) is 37.2 Å². The molecule has 24 heavy (non-hydrogen) atoms. The highest BCUT2D eigenvalue weighted by atomic mass is 16.5. The van der Waals surface area contributed by atoms with Crippen molar-refractivity contribution in [1.29, 1.82) is 0 Å². The van der Waals surface area contributed by atoms with E-state index in [2.05, 4.69) is 51.0 Å². The zero-order valence-electron chi connectivity index (χ0n) is 13.4. The van der Waals surface area contributed by atoms with Crippen LogP contribution >= 0.6 is 0 Å². The van der Waals surface area contributed by atoms with Crippen LogP contribution in [0.4, 0.5) is 11.6 Å². The number of aryl methyl sites for hydroxylation is 1. The summed E-state index contributed by atoms with van der Waals surface area (Å²) >= 11 is 0. The van der Waals surface area contributed by atoms with E-state index in [-0.39, 0.29) is 5.56 Å². The molecule has 1 amide bonds. The minimum Gasteiger partial charge on any atom is -0.365 e. The maximum atomic E-state index is 11.3. The van der Waals surface area contributed by atoms with Gasteiger partial charge in [-0.05, 0) is 25.5 Å². The number of hydroxylamine groups is 1. The van der Waals surface area contributed by atoms with Gasteiger partial charge in [-0.3, -0.25) is 10.0 Å². The van der Waals surface area contributed by atoms with Gasteiger partial charge in [-0.1, -0.05) is 17.7 Å². The summed E-state index contributed by atoms with van der Waals surface area (Å²) in [6.45, 7) is 3.93. The van der Waals surface area contributed by atoms with E-state index in [4.69, 9.17) is 5.21 Å². The number of carbonyl (C=O) groups is 1. The van der Waals surface area contributed by atoms with Gasteiger partial charge in [0.1, 0.15) is 0 Å². The third-order valence-electron chi connectivity index (χ3n) is 4.87. The highest BCUT2D eigenvalue weighted by Gasteiger charge is 2.44. The smallest absolute Gasteiger partial charge is 0.277 e. The second kappa shape index (κ2) is 5.76. The average Bonchev–Trinajstić information content (AvgIpc) is 3.22. The van der Waals surface area contributed by atoms with E-state index in [1.165, 1.54) is 23.6 Å². The van der Waals surface area contributed by atoms with Gasteiger partial charge in [0.2, 0.25) is 5.95 Å². The third kappa shape index (κ3) is 2.46. The molecule has 2 aliphatic heterocycles. The molecule has 0 radical (unpaired) electrons. The number of nitrogens with zero attached hydrogens (tertiary/aromatic N) is 4. The minimum atomic E-state index is -0.602. The molecule has 0 saturated carbocycles. The number of piperazine rings is 1. The van der Waals surface area contributed by atoms with Gasteiger partial charge in [-0.15, -0.1) is 0 Å². The Labute approximate surface area is 139 Å². The van der Waals surface area contributed by atoms with Crippen LogP contribution < -0.4 is 15.3 Å². The number of rotatable bonds is 3. The van der Waals surface area contributed by atoms with Crippen molar-refractivity contribution in [3.63, 3.8) is 0 Å². The monoisotopic (exact) mass is 325 g/mol. The maximum Gasteiger partial charge on any atom is 0.277 e. The normalized spacial score (nSPS) is 22.1. The number of hydrogen-bond acceptors (Lipinski definition) is 6. The topological polar surface area (TPSA) is 81.6 Å². The Hall–Kier alpha value is -2.67. The molecule has 2 saturated heterocycles. The lowest BCUT2D eigenvalue weighted by molar-refractivity contribution is 0.0705. The Balaban J connectivity index is 1.48. The van der Waals surface area contributed by atoms with Crippen LogP contribution in [0.1, 0.15) is 22.3 Å². The van der Waals surface area contributed by atoms with Crippen LogP contribution in [0, 0.1) is 6.92 Å². The lowest BCUT2D eigenvalue weighted by atomic mass is 10.2. The molecule has 7 heteroatoms. The zero-order valence-corrected chi connectivity index (χ0v) is 13.4. The predicted octanol–water partition coefficient (Wildman–Crippen LogP) is 1.37. The quantitative estimate of drug-likeness (QED) is 0.655. The number of fused-ring (bicyclic) bond motifs is 2. The third-order valence-corrected chi connectivity index (χ3v) is 4.87. The van der Waals surface area contributed by atoms with Crippen LogP contribution in [0.5, 0.6) is 0 Å². The standard InChI is InChI=1S/C17H19N5O2/c1-11-2-4-13(5-3-11)21-9-15-6-14(21)10-22(15)17-18-7-12(8-19-17)16(23)20-24/h2-5,7-8,14-15,24H,6,9-10H2,1H3,(H,20,23)/t14-,15-/m0/s1. The van der Waals surface area contributed by atoms with Crippen LogP contribution in [0.2, 0.25) is 0 Å². The lowest BCUT2D eigenvalue weighted by Crippen LogP contribution is -2.47. The first-order valence-electron chi connectivity index (χ1n) is 8.02.